The SMILES string of the molecule is COc1ccc(-c2ccc3c(c2)O[C@@H](CN(C)C(=O)c2ccccc2F)[C@H](C)CN([C@H](C)CO)S3(=O)=O)cc1. The van der Waals surface area contributed by atoms with E-state index in [4.69, 9.17) is 9.47 Å². The number of aliphatic hydroxyl groups is 1. The number of fused-ring (bicyclic) bond motifs is 1. The highest BCUT2D eigenvalue weighted by Gasteiger charge is 2.38. The molecule has 3 atom stereocenters. The van der Waals surface area contributed by atoms with E-state index in [2.05, 4.69) is 0 Å². The standard InChI is InChI=1S/C29H33FN2O6S/c1-19-16-32(20(2)18-33)39(35,36)28-14-11-22(21-9-12-23(37-4)13-10-21)15-26(28)38-27(19)17-31(3)29(34)24-7-5-6-8-25(24)30/h5-15,19-20,27,33H,16-18H2,1-4H3/t19-,20-,27+/m1/s1. The van der Waals surface area contributed by atoms with E-state index in [1.165, 1.54) is 33.5 Å². The fraction of sp³-hybridized carbons (Fsp3) is 0.345. The molecule has 1 aliphatic heterocycles. The van der Waals surface area contributed by atoms with Gasteiger partial charge in [-0.3, -0.25) is 4.79 Å². The van der Waals surface area contributed by atoms with Crippen molar-refractivity contribution >= 4 is 15.9 Å². The lowest BCUT2D eigenvalue weighted by Crippen LogP contribution is -2.50. The molecule has 0 fully saturated rings. The van der Waals surface area contributed by atoms with E-state index >= 15 is 0 Å². The predicted molar refractivity (Wildman–Crippen MR) is 146 cm³/mol. The first-order valence-corrected chi connectivity index (χ1v) is 14.1. The highest BCUT2D eigenvalue weighted by atomic mass is 32.2. The Bertz CT molecular complexity index is 1430. The van der Waals surface area contributed by atoms with Crippen molar-refractivity contribution in [3.8, 4) is 22.6 Å². The van der Waals surface area contributed by atoms with E-state index in [0.717, 1.165) is 11.1 Å². The second-order valence-corrected chi connectivity index (χ2v) is 11.7. The van der Waals surface area contributed by atoms with Gasteiger partial charge in [-0.15, -0.1) is 0 Å². The molecule has 0 aliphatic carbocycles. The third-order valence-electron chi connectivity index (χ3n) is 7.00. The van der Waals surface area contributed by atoms with Crippen molar-refractivity contribution in [1.29, 1.82) is 0 Å². The highest BCUT2D eigenvalue weighted by Crippen LogP contribution is 2.37. The maximum atomic E-state index is 14.3. The maximum Gasteiger partial charge on any atom is 0.256 e. The molecule has 3 aromatic carbocycles. The van der Waals surface area contributed by atoms with Crippen LogP contribution in [0.2, 0.25) is 0 Å². The molecule has 0 spiro atoms. The van der Waals surface area contributed by atoms with Crippen molar-refractivity contribution in [2.75, 3.05) is 33.9 Å². The molecule has 39 heavy (non-hydrogen) atoms. The molecule has 0 radical (unpaired) electrons. The monoisotopic (exact) mass is 556 g/mol. The van der Waals surface area contributed by atoms with Gasteiger partial charge in [0.15, 0.2) is 0 Å². The molecule has 1 heterocycles. The van der Waals surface area contributed by atoms with Crippen molar-refractivity contribution in [1.82, 2.24) is 9.21 Å². The van der Waals surface area contributed by atoms with Crippen LogP contribution >= 0.6 is 0 Å². The average Bonchev–Trinajstić information content (AvgIpc) is 2.94. The number of amides is 1. The first-order chi connectivity index (χ1) is 18.6. The summed E-state index contributed by atoms with van der Waals surface area (Å²) in [7, 11) is -0.880. The number of benzene rings is 3. The number of likely N-dealkylation sites (N-methyl/N-ethyl adjacent to an activating group) is 1. The molecule has 0 bridgehead atoms. The third-order valence-corrected chi connectivity index (χ3v) is 9.01. The molecule has 0 unspecified atom stereocenters. The number of aliphatic hydroxyl groups excluding tert-OH is 1. The Morgan fingerprint density at radius 2 is 1.82 bits per heavy atom. The molecule has 208 valence electrons. The summed E-state index contributed by atoms with van der Waals surface area (Å²) in [6.45, 7) is 3.26. The molecule has 0 saturated carbocycles. The smallest absolute Gasteiger partial charge is 0.256 e. The molecule has 0 saturated heterocycles. The van der Waals surface area contributed by atoms with Crippen molar-refractivity contribution in [2.45, 2.75) is 30.9 Å². The summed E-state index contributed by atoms with van der Waals surface area (Å²) in [5.74, 6) is -0.672. The van der Waals surface area contributed by atoms with Gasteiger partial charge in [-0.2, -0.15) is 4.31 Å². The first-order valence-electron chi connectivity index (χ1n) is 12.6. The second-order valence-electron chi connectivity index (χ2n) is 9.80. The largest absolute Gasteiger partial charge is 0.497 e. The van der Waals surface area contributed by atoms with Gasteiger partial charge in [0, 0.05) is 25.6 Å². The van der Waals surface area contributed by atoms with Gasteiger partial charge in [0.1, 0.15) is 28.3 Å². The van der Waals surface area contributed by atoms with Crippen LogP contribution in [0.4, 0.5) is 4.39 Å². The molecule has 0 aromatic heterocycles. The number of ether oxygens (including phenoxy) is 2. The number of hydrogen-bond donors (Lipinski definition) is 1. The molecule has 8 nitrogen and oxygen atoms in total. The minimum Gasteiger partial charge on any atom is -0.497 e. The van der Waals surface area contributed by atoms with Crippen LogP contribution in [-0.4, -0.2) is 74.6 Å². The number of rotatable bonds is 7. The Morgan fingerprint density at radius 1 is 1.15 bits per heavy atom. The molecule has 1 aliphatic rings. The van der Waals surface area contributed by atoms with Crippen LogP contribution in [0.15, 0.2) is 71.6 Å². The predicted octanol–water partition coefficient (Wildman–Crippen LogP) is 4.04. The van der Waals surface area contributed by atoms with Crippen LogP contribution in [-0.2, 0) is 10.0 Å². The highest BCUT2D eigenvalue weighted by molar-refractivity contribution is 7.89. The number of carbonyl (C=O) groups is 1. The average molecular weight is 557 g/mol. The van der Waals surface area contributed by atoms with Gasteiger partial charge in [0.05, 0.1) is 25.8 Å². The van der Waals surface area contributed by atoms with Crippen molar-refractivity contribution < 1.29 is 32.2 Å². The van der Waals surface area contributed by atoms with Crippen LogP contribution in [0, 0.1) is 11.7 Å². The fourth-order valence-corrected chi connectivity index (χ4v) is 6.43. The summed E-state index contributed by atoms with van der Waals surface area (Å²) in [6.07, 6.45) is -0.625. The normalized spacial score (nSPS) is 19.6. The second kappa shape index (κ2) is 11.7. The summed E-state index contributed by atoms with van der Waals surface area (Å²) in [4.78, 5) is 14.4. The lowest BCUT2D eigenvalue weighted by atomic mass is 10.0. The zero-order valence-electron chi connectivity index (χ0n) is 22.4. The zero-order chi connectivity index (χ0) is 28.3. The summed E-state index contributed by atoms with van der Waals surface area (Å²) in [5, 5.41) is 9.85. The van der Waals surface area contributed by atoms with Gasteiger partial charge in [-0.1, -0.05) is 37.3 Å². The Morgan fingerprint density at radius 3 is 2.46 bits per heavy atom. The summed E-state index contributed by atoms with van der Waals surface area (Å²) in [5.41, 5.74) is 1.51. The Hall–Kier alpha value is -3.47. The van der Waals surface area contributed by atoms with Crippen LogP contribution < -0.4 is 9.47 Å². The Kier molecular flexibility index (Phi) is 8.58. The van der Waals surface area contributed by atoms with Gasteiger partial charge in [0.25, 0.3) is 5.91 Å². The topological polar surface area (TPSA) is 96.4 Å². The number of carbonyl (C=O) groups excluding carboxylic acids is 1. The third kappa shape index (κ3) is 5.93. The Labute approximate surface area is 228 Å². The van der Waals surface area contributed by atoms with Crippen LogP contribution in [0.5, 0.6) is 11.5 Å². The van der Waals surface area contributed by atoms with E-state index < -0.39 is 33.9 Å². The van der Waals surface area contributed by atoms with E-state index in [1.54, 1.807) is 39.3 Å². The van der Waals surface area contributed by atoms with E-state index in [-0.39, 0.29) is 41.8 Å². The van der Waals surface area contributed by atoms with Crippen LogP contribution in [0.25, 0.3) is 11.1 Å². The fourth-order valence-electron chi connectivity index (χ4n) is 4.60. The maximum absolute atomic E-state index is 14.3. The van der Waals surface area contributed by atoms with Crippen LogP contribution in [0.3, 0.4) is 0 Å². The molecule has 1 N–H and O–H groups in total. The first kappa shape index (κ1) is 28.5. The lowest BCUT2D eigenvalue weighted by Gasteiger charge is -2.37. The summed E-state index contributed by atoms with van der Waals surface area (Å²) < 4.78 is 54.6. The number of halogens is 1. The Balaban J connectivity index is 1.74. The molecule has 3 aromatic rings. The molecular weight excluding hydrogens is 523 g/mol. The van der Waals surface area contributed by atoms with Crippen molar-refractivity contribution in [3.05, 3.63) is 78.1 Å². The van der Waals surface area contributed by atoms with Gasteiger partial charge in [0.2, 0.25) is 10.0 Å². The van der Waals surface area contributed by atoms with Gasteiger partial charge in [-0.05, 0) is 54.4 Å². The molecule has 1 amide bonds. The quantitative estimate of drug-likeness (QED) is 0.472. The zero-order valence-corrected chi connectivity index (χ0v) is 23.2. The lowest BCUT2D eigenvalue weighted by molar-refractivity contribution is 0.0560. The van der Waals surface area contributed by atoms with Crippen LogP contribution in [0.1, 0.15) is 24.2 Å². The van der Waals surface area contributed by atoms with Gasteiger partial charge < -0.3 is 19.5 Å². The number of methoxy groups -OCH3 is 1. The van der Waals surface area contributed by atoms with Gasteiger partial charge >= 0.3 is 0 Å². The van der Waals surface area contributed by atoms with Crippen molar-refractivity contribution in [3.63, 3.8) is 0 Å². The summed E-state index contributed by atoms with van der Waals surface area (Å²) >= 11 is 0. The molecular formula is C29H33FN2O6S. The number of hydrogen-bond acceptors (Lipinski definition) is 6. The van der Waals surface area contributed by atoms with E-state index in [1.807, 2.05) is 31.2 Å². The molecule has 10 heteroatoms. The minimum absolute atomic E-state index is 0.0277. The summed E-state index contributed by atoms with van der Waals surface area (Å²) in [6, 6.07) is 17.3. The minimum atomic E-state index is -4.02. The van der Waals surface area contributed by atoms with Gasteiger partial charge in [-0.25, -0.2) is 12.8 Å². The number of nitrogens with zero attached hydrogens (tertiary/aromatic N) is 2. The van der Waals surface area contributed by atoms with E-state index in [9.17, 15) is 22.7 Å². The van der Waals surface area contributed by atoms with Crippen molar-refractivity contribution in [2.24, 2.45) is 5.92 Å². The molecule has 4 rings (SSSR count). The van der Waals surface area contributed by atoms with E-state index in [0.29, 0.717) is 5.75 Å². The number of sulfonamides is 1.